The Morgan fingerprint density at radius 2 is 1.71 bits per heavy atom. The van der Waals surface area contributed by atoms with Crippen molar-refractivity contribution in [3.8, 4) is 21.7 Å². The molecule has 2 aromatic carbocycles. The largest absolute Gasteiger partial charge is 0.375 e. The number of aromatic amines is 1. The number of H-pyrrole nitrogens is 1. The van der Waals surface area contributed by atoms with Crippen molar-refractivity contribution in [3.63, 3.8) is 0 Å². The average molecular weight is 291 g/mol. The summed E-state index contributed by atoms with van der Waals surface area (Å²) in [5.74, 6) is 0. The highest BCUT2D eigenvalue weighted by Crippen LogP contribution is 2.40. The van der Waals surface area contributed by atoms with Gasteiger partial charge in [0.1, 0.15) is 0 Å². The van der Waals surface area contributed by atoms with Crippen molar-refractivity contribution in [2.75, 3.05) is 5.73 Å². The SMILES string of the molecule is Nc1nc(-c2c[nH]c3ccccc23)c(-c2ccccc2)s1. The van der Waals surface area contributed by atoms with E-state index in [2.05, 4.69) is 34.2 Å². The minimum absolute atomic E-state index is 0.592. The van der Waals surface area contributed by atoms with Gasteiger partial charge in [0.2, 0.25) is 0 Å². The molecular weight excluding hydrogens is 278 g/mol. The number of rotatable bonds is 2. The Morgan fingerprint density at radius 3 is 2.57 bits per heavy atom. The second-order valence-electron chi connectivity index (χ2n) is 4.84. The molecule has 0 saturated carbocycles. The van der Waals surface area contributed by atoms with Gasteiger partial charge in [-0.05, 0) is 11.6 Å². The van der Waals surface area contributed by atoms with E-state index in [0.29, 0.717) is 5.13 Å². The molecule has 0 radical (unpaired) electrons. The van der Waals surface area contributed by atoms with Crippen molar-refractivity contribution in [3.05, 3.63) is 60.8 Å². The zero-order valence-electron chi connectivity index (χ0n) is 11.2. The number of nitrogens with two attached hydrogens (primary N) is 1. The molecule has 0 spiro atoms. The third-order valence-corrected chi connectivity index (χ3v) is 4.46. The fourth-order valence-corrected chi connectivity index (χ4v) is 3.42. The van der Waals surface area contributed by atoms with Gasteiger partial charge in [0.25, 0.3) is 0 Å². The second-order valence-corrected chi connectivity index (χ2v) is 5.87. The van der Waals surface area contributed by atoms with Crippen LogP contribution in [0.5, 0.6) is 0 Å². The van der Waals surface area contributed by atoms with Crippen LogP contribution >= 0.6 is 11.3 Å². The highest BCUT2D eigenvalue weighted by atomic mass is 32.1. The predicted molar refractivity (Wildman–Crippen MR) is 89.3 cm³/mol. The van der Waals surface area contributed by atoms with E-state index >= 15 is 0 Å². The maximum atomic E-state index is 5.96. The first-order chi connectivity index (χ1) is 10.3. The molecule has 0 saturated heterocycles. The van der Waals surface area contributed by atoms with Gasteiger partial charge in [-0.25, -0.2) is 4.98 Å². The van der Waals surface area contributed by atoms with Crippen molar-refractivity contribution < 1.29 is 0 Å². The van der Waals surface area contributed by atoms with E-state index in [1.807, 2.05) is 36.5 Å². The van der Waals surface area contributed by atoms with E-state index in [-0.39, 0.29) is 0 Å². The number of fused-ring (bicyclic) bond motifs is 1. The summed E-state index contributed by atoms with van der Waals surface area (Å²) >= 11 is 1.53. The van der Waals surface area contributed by atoms with Gasteiger partial charge in [0, 0.05) is 22.7 Å². The van der Waals surface area contributed by atoms with Crippen LogP contribution in [0.2, 0.25) is 0 Å². The number of thiazole rings is 1. The molecule has 102 valence electrons. The zero-order valence-corrected chi connectivity index (χ0v) is 12.0. The molecule has 3 N–H and O–H groups in total. The Labute approximate surface area is 126 Å². The first kappa shape index (κ1) is 12.2. The minimum atomic E-state index is 0.592. The maximum absolute atomic E-state index is 5.96. The molecule has 0 bridgehead atoms. The number of aromatic nitrogens is 2. The van der Waals surface area contributed by atoms with Gasteiger partial charge in [0.15, 0.2) is 5.13 Å². The van der Waals surface area contributed by atoms with Crippen LogP contribution in [0.4, 0.5) is 5.13 Å². The standard InChI is InChI=1S/C17H13N3S/c18-17-20-15(16(21-17)11-6-2-1-3-7-11)13-10-19-14-9-5-4-8-12(13)14/h1-10,19H,(H2,18,20). The van der Waals surface area contributed by atoms with Gasteiger partial charge in [-0.15, -0.1) is 0 Å². The molecule has 0 fully saturated rings. The molecule has 3 nitrogen and oxygen atoms in total. The van der Waals surface area contributed by atoms with Crippen LogP contribution < -0.4 is 5.73 Å². The smallest absolute Gasteiger partial charge is 0.181 e. The fraction of sp³-hybridized carbons (Fsp3) is 0. The van der Waals surface area contributed by atoms with Crippen molar-refractivity contribution in [2.45, 2.75) is 0 Å². The number of nitrogens with one attached hydrogen (secondary N) is 1. The molecule has 4 heteroatoms. The van der Waals surface area contributed by atoms with Crippen LogP contribution in [-0.4, -0.2) is 9.97 Å². The minimum Gasteiger partial charge on any atom is -0.375 e. The van der Waals surface area contributed by atoms with E-state index in [1.165, 1.54) is 16.7 Å². The third-order valence-electron chi connectivity index (χ3n) is 3.52. The molecule has 21 heavy (non-hydrogen) atoms. The molecule has 0 aliphatic carbocycles. The van der Waals surface area contributed by atoms with E-state index in [4.69, 9.17) is 5.73 Å². The zero-order chi connectivity index (χ0) is 14.2. The van der Waals surface area contributed by atoms with Crippen LogP contribution in [0.3, 0.4) is 0 Å². The lowest BCUT2D eigenvalue weighted by molar-refractivity contribution is 1.40. The summed E-state index contributed by atoms with van der Waals surface area (Å²) in [5, 5.41) is 1.76. The topological polar surface area (TPSA) is 54.7 Å². The van der Waals surface area contributed by atoms with Crippen molar-refractivity contribution >= 4 is 27.4 Å². The lowest BCUT2D eigenvalue weighted by Crippen LogP contribution is -1.83. The quantitative estimate of drug-likeness (QED) is 0.569. The summed E-state index contributed by atoms with van der Waals surface area (Å²) in [6.07, 6.45) is 2.01. The lowest BCUT2D eigenvalue weighted by Gasteiger charge is -2.01. The Bertz CT molecular complexity index is 906. The number of anilines is 1. The Balaban J connectivity index is 1.97. The van der Waals surface area contributed by atoms with Gasteiger partial charge in [0.05, 0.1) is 10.6 Å². The third kappa shape index (κ3) is 2.00. The number of nitrogen functional groups attached to an aromatic ring is 1. The van der Waals surface area contributed by atoms with Crippen molar-refractivity contribution in [1.82, 2.24) is 9.97 Å². The summed E-state index contributed by atoms with van der Waals surface area (Å²) in [4.78, 5) is 8.96. The number of hydrogen-bond donors (Lipinski definition) is 2. The van der Waals surface area contributed by atoms with E-state index in [1.54, 1.807) is 0 Å². The summed E-state index contributed by atoms with van der Waals surface area (Å²) in [6, 6.07) is 18.5. The van der Waals surface area contributed by atoms with Gasteiger partial charge in [-0.1, -0.05) is 59.9 Å². The Hall–Kier alpha value is -2.59. The molecule has 0 aliphatic heterocycles. The summed E-state index contributed by atoms with van der Waals surface area (Å²) < 4.78 is 0. The highest BCUT2D eigenvalue weighted by molar-refractivity contribution is 7.19. The molecular formula is C17H13N3S. The highest BCUT2D eigenvalue weighted by Gasteiger charge is 2.16. The van der Waals surface area contributed by atoms with Crippen LogP contribution in [0.1, 0.15) is 0 Å². The second kappa shape index (κ2) is 4.75. The molecule has 0 atom stereocenters. The molecule has 4 rings (SSSR count). The summed E-state index contributed by atoms with van der Waals surface area (Å²) in [6.45, 7) is 0. The molecule has 0 aliphatic rings. The van der Waals surface area contributed by atoms with Crippen molar-refractivity contribution in [1.29, 1.82) is 0 Å². The lowest BCUT2D eigenvalue weighted by atomic mass is 10.1. The van der Waals surface area contributed by atoms with E-state index in [0.717, 1.165) is 27.2 Å². The molecule has 2 aromatic heterocycles. The van der Waals surface area contributed by atoms with Crippen LogP contribution in [0.15, 0.2) is 60.8 Å². The van der Waals surface area contributed by atoms with Gasteiger partial charge in [-0.2, -0.15) is 0 Å². The Kier molecular flexibility index (Phi) is 2.75. The normalized spacial score (nSPS) is 11.0. The maximum Gasteiger partial charge on any atom is 0.181 e. The van der Waals surface area contributed by atoms with Gasteiger partial charge >= 0.3 is 0 Å². The van der Waals surface area contributed by atoms with Crippen LogP contribution in [0.25, 0.3) is 32.6 Å². The van der Waals surface area contributed by atoms with E-state index < -0.39 is 0 Å². The molecule has 2 heterocycles. The molecule has 4 aromatic rings. The summed E-state index contributed by atoms with van der Waals surface area (Å²) in [7, 11) is 0. The van der Waals surface area contributed by atoms with Crippen LogP contribution in [-0.2, 0) is 0 Å². The Morgan fingerprint density at radius 1 is 0.952 bits per heavy atom. The van der Waals surface area contributed by atoms with Crippen LogP contribution in [0, 0.1) is 0 Å². The number of benzene rings is 2. The average Bonchev–Trinajstić information content (AvgIpc) is 3.11. The first-order valence-electron chi connectivity index (χ1n) is 6.71. The van der Waals surface area contributed by atoms with Gasteiger partial charge in [-0.3, -0.25) is 0 Å². The summed E-state index contributed by atoms with van der Waals surface area (Å²) in [5.41, 5.74) is 10.3. The van der Waals surface area contributed by atoms with E-state index in [9.17, 15) is 0 Å². The van der Waals surface area contributed by atoms with Crippen molar-refractivity contribution in [2.24, 2.45) is 0 Å². The predicted octanol–water partition coefficient (Wildman–Crippen LogP) is 4.54. The molecule has 0 unspecified atom stereocenters. The fourth-order valence-electron chi connectivity index (χ4n) is 2.57. The molecule has 0 amide bonds. The first-order valence-corrected chi connectivity index (χ1v) is 7.53. The number of nitrogens with zero attached hydrogens (tertiary/aromatic N) is 1. The monoisotopic (exact) mass is 291 g/mol. The number of hydrogen-bond acceptors (Lipinski definition) is 3. The van der Waals surface area contributed by atoms with Gasteiger partial charge < -0.3 is 10.7 Å². The number of para-hydroxylation sites is 1.